The number of nitrogens with zero attached hydrogens (tertiary/aromatic N) is 1. The number of pyridine rings is 1. The van der Waals surface area contributed by atoms with Gasteiger partial charge in [-0.15, -0.1) is 0 Å². The van der Waals surface area contributed by atoms with E-state index in [-0.39, 0.29) is 6.04 Å². The SMILES string of the molecule is CN1CC(NC(=O)c2c[nH]c(=O)cc2C(F)(F)F)Cc2ccccc21. The maximum absolute atomic E-state index is 13.1. The van der Waals surface area contributed by atoms with Gasteiger partial charge in [0, 0.05) is 31.5 Å². The molecule has 5 nitrogen and oxygen atoms in total. The molecule has 1 aliphatic rings. The van der Waals surface area contributed by atoms with Crippen LogP contribution in [0.1, 0.15) is 21.5 Å². The Kier molecular flexibility index (Phi) is 4.28. The molecule has 8 heteroatoms. The van der Waals surface area contributed by atoms with Gasteiger partial charge in [-0.25, -0.2) is 0 Å². The molecule has 0 saturated heterocycles. The fourth-order valence-electron chi connectivity index (χ4n) is 3.07. The number of halogens is 3. The fourth-order valence-corrected chi connectivity index (χ4v) is 3.07. The summed E-state index contributed by atoms with van der Waals surface area (Å²) in [5, 5.41) is 2.64. The van der Waals surface area contributed by atoms with Crippen LogP contribution in [0.5, 0.6) is 0 Å². The van der Waals surface area contributed by atoms with Crippen molar-refractivity contribution in [3.63, 3.8) is 0 Å². The number of fused-ring (bicyclic) bond motifs is 1. The largest absolute Gasteiger partial charge is 0.417 e. The second-order valence-electron chi connectivity index (χ2n) is 6.01. The van der Waals surface area contributed by atoms with Crippen LogP contribution in [-0.2, 0) is 12.6 Å². The van der Waals surface area contributed by atoms with Crippen molar-refractivity contribution in [2.75, 3.05) is 18.5 Å². The number of carbonyl (C=O) groups excluding carboxylic acids is 1. The molecule has 0 aliphatic carbocycles. The summed E-state index contributed by atoms with van der Waals surface area (Å²) < 4.78 is 39.3. The van der Waals surface area contributed by atoms with Crippen molar-refractivity contribution in [3.05, 3.63) is 63.6 Å². The molecule has 1 atom stereocenters. The van der Waals surface area contributed by atoms with Crippen molar-refractivity contribution in [3.8, 4) is 0 Å². The van der Waals surface area contributed by atoms with E-state index in [0.717, 1.165) is 17.4 Å². The lowest BCUT2D eigenvalue weighted by Crippen LogP contribution is -2.47. The van der Waals surface area contributed by atoms with Crippen molar-refractivity contribution < 1.29 is 18.0 Å². The predicted octanol–water partition coefficient (Wildman–Crippen LogP) is 2.18. The number of aromatic nitrogens is 1. The van der Waals surface area contributed by atoms with Crippen LogP contribution < -0.4 is 15.8 Å². The van der Waals surface area contributed by atoms with Gasteiger partial charge in [-0.1, -0.05) is 18.2 Å². The predicted molar refractivity (Wildman–Crippen MR) is 86.7 cm³/mol. The number of anilines is 1. The molecule has 0 spiro atoms. The van der Waals surface area contributed by atoms with E-state index in [4.69, 9.17) is 0 Å². The molecule has 1 amide bonds. The molecule has 0 saturated carbocycles. The molecule has 3 rings (SSSR count). The average Bonchev–Trinajstić information content (AvgIpc) is 2.54. The van der Waals surface area contributed by atoms with E-state index in [1.807, 2.05) is 36.2 Å². The van der Waals surface area contributed by atoms with Crippen molar-refractivity contribution in [1.29, 1.82) is 0 Å². The van der Waals surface area contributed by atoms with Crippen LogP contribution in [0.2, 0.25) is 0 Å². The Bertz CT molecular complexity index is 861. The summed E-state index contributed by atoms with van der Waals surface area (Å²) in [6.07, 6.45) is -3.45. The first-order chi connectivity index (χ1) is 11.8. The molecular formula is C17H16F3N3O2. The number of alkyl halides is 3. The zero-order chi connectivity index (χ0) is 18.2. The first kappa shape index (κ1) is 17.1. The minimum atomic E-state index is -4.78. The highest BCUT2D eigenvalue weighted by molar-refractivity contribution is 5.95. The van der Waals surface area contributed by atoms with Gasteiger partial charge in [-0.2, -0.15) is 13.2 Å². The van der Waals surface area contributed by atoms with Gasteiger partial charge in [-0.3, -0.25) is 9.59 Å². The fraction of sp³-hybridized carbons (Fsp3) is 0.294. The van der Waals surface area contributed by atoms with Gasteiger partial charge < -0.3 is 15.2 Å². The minimum Gasteiger partial charge on any atom is -0.372 e. The van der Waals surface area contributed by atoms with E-state index in [1.54, 1.807) is 0 Å². The Morgan fingerprint density at radius 3 is 2.76 bits per heavy atom. The molecule has 2 heterocycles. The van der Waals surface area contributed by atoms with Crippen LogP contribution in [0, 0.1) is 0 Å². The monoisotopic (exact) mass is 351 g/mol. The number of aromatic amines is 1. The highest BCUT2D eigenvalue weighted by atomic mass is 19.4. The second kappa shape index (κ2) is 6.27. The second-order valence-corrected chi connectivity index (χ2v) is 6.01. The Hall–Kier alpha value is -2.77. The minimum absolute atomic E-state index is 0.333. The normalized spacial score (nSPS) is 17.1. The van der Waals surface area contributed by atoms with Crippen LogP contribution in [0.25, 0.3) is 0 Å². The molecule has 0 bridgehead atoms. The Balaban J connectivity index is 1.84. The third-order valence-electron chi connectivity index (χ3n) is 4.17. The summed E-state index contributed by atoms with van der Waals surface area (Å²) in [5.74, 6) is -0.860. The topological polar surface area (TPSA) is 65.2 Å². The van der Waals surface area contributed by atoms with E-state index in [0.29, 0.717) is 19.0 Å². The number of nitrogens with one attached hydrogen (secondary N) is 2. The number of benzene rings is 1. The van der Waals surface area contributed by atoms with E-state index >= 15 is 0 Å². The van der Waals surface area contributed by atoms with Crippen molar-refractivity contribution >= 4 is 11.6 Å². The molecular weight excluding hydrogens is 335 g/mol. The molecule has 0 radical (unpaired) electrons. The standard InChI is InChI=1S/C17H16F3N3O2/c1-23-9-11(6-10-4-2-3-5-14(10)23)22-16(25)12-8-21-15(24)7-13(12)17(18,19)20/h2-5,7-8,11H,6,9H2,1H3,(H,21,24)(H,22,25). The maximum Gasteiger partial charge on any atom is 0.417 e. The summed E-state index contributed by atoms with van der Waals surface area (Å²) in [5.41, 5.74) is -0.686. The number of H-pyrrole nitrogens is 1. The molecule has 1 aromatic heterocycles. The van der Waals surface area contributed by atoms with E-state index in [1.165, 1.54) is 0 Å². The van der Waals surface area contributed by atoms with E-state index in [2.05, 4.69) is 10.3 Å². The molecule has 132 valence electrons. The summed E-state index contributed by atoms with van der Waals surface area (Å²) >= 11 is 0. The van der Waals surface area contributed by atoms with Gasteiger partial charge in [0.1, 0.15) is 0 Å². The van der Waals surface area contributed by atoms with Gasteiger partial charge in [-0.05, 0) is 18.1 Å². The van der Waals surface area contributed by atoms with E-state index < -0.39 is 28.8 Å². The lowest BCUT2D eigenvalue weighted by molar-refractivity contribution is -0.138. The van der Waals surface area contributed by atoms with Crippen molar-refractivity contribution in [2.45, 2.75) is 18.6 Å². The number of para-hydroxylation sites is 1. The molecule has 2 N–H and O–H groups in total. The zero-order valence-electron chi connectivity index (χ0n) is 13.4. The number of likely N-dealkylation sites (N-methyl/N-ethyl adjacent to an activating group) is 1. The lowest BCUT2D eigenvalue weighted by Gasteiger charge is -2.33. The number of carbonyl (C=O) groups is 1. The maximum atomic E-state index is 13.1. The van der Waals surface area contributed by atoms with Crippen LogP contribution in [0.3, 0.4) is 0 Å². The Morgan fingerprint density at radius 2 is 2.04 bits per heavy atom. The van der Waals surface area contributed by atoms with Gasteiger partial charge in [0.05, 0.1) is 17.2 Å². The quantitative estimate of drug-likeness (QED) is 0.872. The highest BCUT2D eigenvalue weighted by Crippen LogP contribution is 2.31. The molecule has 1 unspecified atom stereocenters. The first-order valence-electron chi connectivity index (χ1n) is 7.65. The third kappa shape index (κ3) is 3.52. The van der Waals surface area contributed by atoms with Crippen LogP contribution in [-0.4, -0.2) is 30.5 Å². The van der Waals surface area contributed by atoms with Crippen LogP contribution in [0.15, 0.2) is 41.3 Å². The molecule has 0 fully saturated rings. The molecule has 1 aliphatic heterocycles. The van der Waals surface area contributed by atoms with Gasteiger partial charge in [0.2, 0.25) is 5.56 Å². The lowest BCUT2D eigenvalue weighted by atomic mass is 9.98. The zero-order valence-corrected chi connectivity index (χ0v) is 13.4. The van der Waals surface area contributed by atoms with Crippen molar-refractivity contribution in [1.82, 2.24) is 10.3 Å². The van der Waals surface area contributed by atoms with Gasteiger partial charge >= 0.3 is 6.18 Å². The summed E-state index contributed by atoms with van der Waals surface area (Å²) in [4.78, 5) is 27.6. The number of amides is 1. The van der Waals surface area contributed by atoms with Gasteiger partial charge in [0.25, 0.3) is 5.91 Å². The van der Waals surface area contributed by atoms with Crippen molar-refractivity contribution in [2.24, 2.45) is 0 Å². The smallest absolute Gasteiger partial charge is 0.372 e. The summed E-state index contributed by atoms with van der Waals surface area (Å²) in [6, 6.07) is 7.73. The summed E-state index contributed by atoms with van der Waals surface area (Å²) in [7, 11) is 1.86. The number of hydrogen-bond acceptors (Lipinski definition) is 3. The number of hydrogen-bond donors (Lipinski definition) is 2. The Morgan fingerprint density at radius 1 is 1.32 bits per heavy atom. The molecule has 25 heavy (non-hydrogen) atoms. The Labute approximate surface area is 141 Å². The molecule has 1 aromatic carbocycles. The first-order valence-corrected chi connectivity index (χ1v) is 7.65. The molecule has 2 aromatic rings. The van der Waals surface area contributed by atoms with Gasteiger partial charge in [0.15, 0.2) is 0 Å². The number of rotatable bonds is 2. The average molecular weight is 351 g/mol. The van der Waals surface area contributed by atoms with Crippen LogP contribution in [0.4, 0.5) is 18.9 Å². The highest BCUT2D eigenvalue weighted by Gasteiger charge is 2.36. The third-order valence-corrected chi connectivity index (χ3v) is 4.17. The summed E-state index contributed by atoms with van der Waals surface area (Å²) in [6.45, 7) is 0.480. The van der Waals surface area contributed by atoms with E-state index in [9.17, 15) is 22.8 Å². The van der Waals surface area contributed by atoms with Crippen LogP contribution >= 0.6 is 0 Å².